The van der Waals surface area contributed by atoms with Gasteiger partial charge in [-0.1, -0.05) is 6.07 Å². The molecule has 3 N–H and O–H groups in total. The molecule has 0 radical (unpaired) electrons. The minimum atomic E-state index is -0.183. The van der Waals surface area contributed by atoms with Crippen molar-refractivity contribution in [1.82, 2.24) is 0 Å². The fourth-order valence-electron chi connectivity index (χ4n) is 1.26. The van der Waals surface area contributed by atoms with Crippen LogP contribution in [0.2, 0.25) is 0 Å². The monoisotopic (exact) mass is 196 g/mol. The van der Waals surface area contributed by atoms with E-state index in [2.05, 4.69) is 5.32 Å². The molecule has 1 aromatic rings. The van der Waals surface area contributed by atoms with Crippen molar-refractivity contribution in [3.63, 3.8) is 0 Å². The zero-order valence-corrected chi connectivity index (χ0v) is 8.52. The standard InChI is InChI=1S/C11H17FN2/c1-9-4-5-11(10(12)8-9)14-7-3-2-6-13/h4-5,8,14H,2-3,6-7,13H2,1H3. The van der Waals surface area contributed by atoms with Gasteiger partial charge in [-0.25, -0.2) is 4.39 Å². The van der Waals surface area contributed by atoms with E-state index in [-0.39, 0.29) is 5.82 Å². The zero-order valence-electron chi connectivity index (χ0n) is 8.52. The van der Waals surface area contributed by atoms with Gasteiger partial charge in [0.2, 0.25) is 0 Å². The number of benzene rings is 1. The van der Waals surface area contributed by atoms with Crippen LogP contribution in [0.4, 0.5) is 10.1 Å². The van der Waals surface area contributed by atoms with Crippen molar-refractivity contribution in [3.05, 3.63) is 29.6 Å². The maximum atomic E-state index is 13.3. The van der Waals surface area contributed by atoms with E-state index in [1.165, 1.54) is 6.07 Å². The number of nitrogens with two attached hydrogens (primary N) is 1. The average Bonchev–Trinajstić information content (AvgIpc) is 2.15. The Kier molecular flexibility index (Phi) is 4.40. The van der Waals surface area contributed by atoms with E-state index in [1.807, 2.05) is 13.0 Å². The Morgan fingerprint density at radius 2 is 2.14 bits per heavy atom. The molecule has 14 heavy (non-hydrogen) atoms. The lowest BCUT2D eigenvalue weighted by Crippen LogP contribution is -2.06. The van der Waals surface area contributed by atoms with Gasteiger partial charge in [0.25, 0.3) is 0 Å². The van der Waals surface area contributed by atoms with Crippen molar-refractivity contribution < 1.29 is 4.39 Å². The molecular formula is C11H17FN2. The third kappa shape index (κ3) is 3.34. The molecule has 78 valence electrons. The van der Waals surface area contributed by atoms with Crippen LogP contribution >= 0.6 is 0 Å². The minimum absolute atomic E-state index is 0.183. The molecule has 2 nitrogen and oxygen atoms in total. The highest BCUT2D eigenvalue weighted by Crippen LogP contribution is 2.14. The maximum Gasteiger partial charge on any atom is 0.146 e. The lowest BCUT2D eigenvalue weighted by molar-refractivity contribution is 0.628. The fraction of sp³-hybridized carbons (Fsp3) is 0.455. The zero-order chi connectivity index (χ0) is 10.4. The summed E-state index contributed by atoms with van der Waals surface area (Å²) in [5, 5.41) is 3.04. The fourth-order valence-corrected chi connectivity index (χ4v) is 1.26. The predicted molar refractivity (Wildman–Crippen MR) is 57.9 cm³/mol. The first kappa shape index (κ1) is 11.0. The lowest BCUT2D eigenvalue weighted by atomic mass is 10.2. The number of hydrogen-bond acceptors (Lipinski definition) is 2. The molecule has 1 aromatic carbocycles. The van der Waals surface area contributed by atoms with Crippen LogP contribution in [0.3, 0.4) is 0 Å². The molecule has 0 saturated heterocycles. The predicted octanol–water partition coefficient (Wildman–Crippen LogP) is 2.28. The highest BCUT2D eigenvalue weighted by molar-refractivity contribution is 5.45. The Balaban J connectivity index is 2.42. The summed E-state index contributed by atoms with van der Waals surface area (Å²) in [5.74, 6) is -0.183. The summed E-state index contributed by atoms with van der Waals surface area (Å²) >= 11 is 0. The number of halogens is 1. The van der Waals surface area contributed by atoms with Crippen LogP contribution in [-0.4, -0.2) is 13.1 Å². The quantitative estimate of drug-likeness (QED) is 0.709. The van der Waals surface area contributed by atoms with Gasteiger partial charge < -0.3 is 11.1 Å². The third-order valence-corrected chi connectivity index (χ3v) is 2.07. The molecule has 0 aromatic heterocycles. The van der Waals surface area contributed by atoms with E-state index < -0.39 is 0 Å². The first-order chi connectivity index (χ1) is 6.74. The number of nitrogens with one attached hydrogen (secondary N) is 1. The largest absolute Gasteiger partial charge is 0.383 e. The Bertz CT molecular complexity index is 287. The van der Waals surface area contributed by atoms with Crippen molar-refractivity contribution in [2.75, 3.05) is 18.4 Å². The highest BCUT2D eigenvalue weighted by Gasteiger charge is 1.99. The van der Waals surface area contributed by atoms with E-state index in [9.17, 15) is 4.39 Å². The van der Waals surface area contributed by atoms with Crippen LogP contribution < -0.4 is 11.1 Å². The van der Waals surface area contributed by atoms with Gasteiger partial charge >= 0.3 is 0 Å². The van der Waals surface area contributed by atoms with E-state index in [0.717, 1.165) is 24.9 Å². The molecule has 0 aliphatic heterocycles. The third-order valence-electron chi connectivity index (χ3n) is 2.07. The smallest absolute Gasteiger partial charge is 0.146 e. The molecular weight excluding hydrogens is 179 g/mol. The van der Waals surface area contributed by atoms with Gasteiger partial charge in [0.1, 0.15) is 5.82 Å². The van der Waals surface area contributed by atoms with E-state index >= 15 is 0 Å². The van der Waals surface area contributed by atoms with Crippen LogP contribution in [0.5, 0.6) is 0 Å². The summed E-state index contributed by atoms with van der Waals surface area (Å²) in [6.07, 6.45) is 1.95. The first-order valence-electron chi connectivity index (χ1n) is 4.94. The Morgan fingerprint density at radius 1 is 1.36 bits per heavy atom. The van der Waals surface area contributed by atoms with E-state index in [1.54, 1.807) is 6.07 Å². The normalized spacial score (nSPS) is 10.2. The summed E-state index contributed by atoms with van der Waals surface area (Å²) in [6.45, 7) is 3.34. The molecule has 0 unspecified atom stereocenters. The van der Waals surface area contributed by atoms with Crippen LogP contribution in [0, 0.1) is 12.7 Å². The number of aryl methyl sites for hydroxylation is 1. The van der Waals surface area contributed by atoms with Crippen molar-refractivity contribution in [2.24, 2.45) is 5.73 Å². The second-order valence-corrected chi connectivity index (χ2v) is 3.41. The van der Waals surface area contributed by atoms with Gasteiger partial charge in [0, 0.05) is 6.54 Å². The van der Waals surface area contributed by atoms with E-state index in [0.29, 0.717) is 12.2 Å². The molecule has 0 atom stereocenters. The molecule has 3 heteroatoms. The van der Waals surface area contributed by atoms with Gasteiger partial charge in [-0.15, -0.1) is 0 Å². The Morgan fingerprint density at radius 3 is 2.79 bits per heavy atom. The number of hydrogen-bond donors (Lipinski definition) is 2. The Labute approximate surface area is 84.3 Å². The molecule has 0 aliphatic rings. The van der Waals surface area contributed by atoms with Gasteiger partial charge in [0.15, 0.2) is 0 Å². The molecule has 0 heterocycles. The van der Waals surface area contributed by atoms with Gasteiger partial charge in [0.05, 0.1) is 5.69 Å². The van der Waals surface area contributed by atoms with Crippen molar-refractivity contribution in [1.29, 1.82) is 0 Å². The van der Waals surface area contributed by atoms with Gasteiger partial charge in [-0.3, -0.25) is 0 Å². The number of rotatable bonds is 5. The lowest BCUT2D eigenvalue weighted by Gasteiger charge is -2.07. The second kappa shape index (κ2) is 5.60. The van der Waals surface area contributed by atoms with Crippen molar-refractivity contribution in [2.45, 2.75) is 19.8 Å². The molecule has 0 bridgehead atoms. The van der Waals surface area contributed by atoms with Crippen molar-refractivity contribution >= 4 is 5.69 Å². The summed E-state index contributed by atoms with van der Waals surface area (Å²) in [6, 6.07) is 5.20. The molecule has 1 rings (SSSR count). The molecule has 0 aliphatic carbocycles. The maximum absolute atomic E-state index is 13.3. The Hall–Kier alpha value is -1.09. The summed E-state index contributed by atoms with van der Waals surface area (Å²) < 4.78 is 13.3. The number of unbranched alkanes of at least 4 members (excludes halogenated alkanes) is 1. The van der Waals surface area contributed by atoms with Crippen LogP contribution in [0.15, 0.2) is 18.2 Å². The summed E-state index contributed by atoms with van der Waals surface area (Å²) in [4.78, 5) is 0. The topological polar surface area (TPSA) is 38.0 Å². The van der Waals surface area contributed by atoms with Crippen molar-refractivity contribution in [3.8, 4) is 0 Å². The van der Waals surface area contributed by atoms with Gasteiger partial charge in [-0.05, 0) is 44.0 Å². The number of anilines is 1. The van der Waals surface area contributed by atoms with Crippen LogP contribution in [0.1, 0.15) is 18.4 Å². The molecule has 0 amide bonds. The SMILES string of the molecule is Cc1ccc(NCCCCN)c(F)c1. The summed E-state index contributed by atoms with van der Waals surface area (Å²) in [5.41, 5.74) is 6.87. The van der Waals surface area contributed by atoms with Crippen LogP contribution in [-0.2, 0) is 0 Å². The first-order valence-corrected chi connectivity index (χ1v) is 4.94. The summed E-state index contributed by atoms with van der Waals surface area (Å²) in [7, 11) is 0. The minimum Gasteiger partial charge on any atom is -0.383 e. The second-order valence-electron chi connectivity index (χ2n) is 3.41. The average molecular weight is 196 g/mol. The van der Waals surface area contributed by atoms with E-state index in [4.69, 9.17) is 5.73 Å². The van der Waals surface area contributed by atoms with Gasteiger partial charge in [-0.2, -0.15) is 0 Å². The van der Waals surface area contributed by atoms with Crippen LogP contribution in [0.25, 0.3) is 0 Å². The molecule has 0 spiro atoms. The molecule has 0 fully saturated rings. The molecule has 0 saturated carbocycles. The highest BCUT2D eigenvalue weighted by atomic mass is 19.1.